The average molecular weight is 297 g/mol. The summed E-state index contributed by atoms with van der Waals surface area (Å²) in [5.74, 6) is -0.858. The Balaban J connectivity index is 2.01. The molecule has 0 aromatic carbocycles. The van der Waals surface area contributed by atoms with Gasteiger partial charge < -0.3 is 14.9 Å². The Labute approximate surface area is 126 Å². The van der Waals surface area contributed by atoms with Crippen molar-refractivity contribution in [2.45, 2.75) is 57.7 Å². The molecule has 6 heteroatoms. The van der Waals surface area contributed by atoms with Gasteiger partial charge in [0.1, 0.15) is 0 Å². The van der Waals surface area contributed by atoms with Gasteiger partial charge in [0.2, 0.25) is 0 Å². The third-order valence-electron chi connectivity index (χ3n) is 4.85. The van der Waals surface area contributed by atoms with E-state index in [0.29, 0.717) is 12.1 Å². The topological polar surface area (TPSA) is 64.1 Å². The van der Waals surface area contributed by atoms with Gasteiger partial charge >= 0.3 is 12.0 Å². The van der Waals surface area contributed by atoms with Crippen LogP contribution >= 0.6 is 0 Å². The van der Waals surface area contributed by atoms with Crippen molar-refractivity contribution in [2.75, 3.05) is 26.7 Å². The van der Waals surface area contributed by atoms with Gasteiger partial charge in [0.25, 0.3) is 0 Å². The lowest BCUT2D eigenvalue weighted by Gasteiger charge is -2.34. The maximum atomic E-state index is 12.7. The van der Waals surface area contributed by atoms with Crippen LogP contribution in [0.5, 0.6) is 0 Å². The first kappa shape index (κ1) is 16.1. The lowest BCUT2D eigenvalue weighted by molar-refractivity contribution is -0.137. The molecule has 2 bridgehead atoms. The third-order valence-corrected chi connectivity index (χ3v) is 4.85. The molecular weight excluding hydrogens is 270 g/mol. The Morgan fingerprint density at radius 2 is 1.90 bits per heavy atom. The molecule has 2 atom stereocenters. The number of carbonyl (C=O) groups excluding carboxylic acids is 1. The van der Waals surface area contributed by atoms with Crippen LogP contribution in [-0.4, -0.2) is 76.6 Å². The largest absolute Gasteiger partial charge is 0.481 e. The van der Waals surface area contributed by atoms with Crippen LogP contribution in [0.15, 0.2) is 0 Å². The number of rotatable bonds is 4. The van der Waals surface area contributed by atoms with Crippen LogP contribution in [0, 0.1) is 0 Å². The van der Waals surface area contributed by atoms with E-state index in [-0.39, 0.29) is 25.0 Å². The number of carboxylic acids is 1. The van der Waals surface area contributed by atoms with Gasteiger partial charge in [-0.2, -0.15) is 0 Å². The molecule has 1 N–H and O–H groups in total. The monoisotopic (exact) mass is 297 g/mol. The zero-order valence-electron chi connectivity index (χ0n) is 13.3. The van der Waals surface area contributed by atoms with E-state index >= 15 is 0 Å². The minimum atomic E-state index is -0.858. The summed E-state index contributed by atoms with van der Waals surface area (Å²) < 4.78 is 0. The van der Waals surface area contributed by atoms with E-state index in [1.54, 1.807) is 4.90 Å². The Kier molecular flexibility index (Phi) is 5.08. The van der Waals surface area contributed by atoms with Crippen molar-refractivity contribution in [3.63, 3.8) is 0 Å². The number of aliphatic carboxylic acids is 1. The van der Waals surface area contributed by atoms with Gasteiger partial charge in [-0.15, -0.1) is 0 Å². The summed E-state index contributed by atoms with van der Waals surface area (Å²) >= 11 is 0. The molecule has 6 nitrogen and oxygen atoms in total. The number of hydrogen-bond acceptors (Lipinski definition) is 3. The number of hydrogen-bond donors (Lipinski definition) is 1. The van der Waals surface area contributed by atoms with E-state index in [0.717, 1.165) is 25.9 Å². The lowest BCUT2D eigenvalue weighted by atomic mass is 10.1. The zero-order chi connectivity index (χ0) is 15.6. The molecule has 2 saturated heterocycles. The van der Waals surface area contributed by atoms with E-state index in [4.69, 9.17) is 5.11 Å². The first-order chi connectivity index (χ1) is 9.90. The maximum Gasteiger partial charge on any atom is 0.320 e. The summed E-state index contributed by atoms with van der Waals surface area (Å²) in [5, 5.41) is 8.84. The third kappa shape index (κ3) is 3.67. The summed E-state index contributed by atoms with van der Waals surface area (Å²) in [7, 11) is 2.15. The van der Waals surface area contributed by atoms with E-state index in [1.165, 1.54) is 6.42 Å². The van der Waals surface area contributed by atoms with Crippen molar-refractivity contribution in [3.05, 3.63) is 0 Å². The molecule has 2 unspecified atom stereocenters. The highest BCUT2D eigenvalue weighted by atomic mass is 16.4. The molecule has 0 aromatic heterocycles. The fourth-order valence-corrected chi connectivity index (χ4v) is 3.45. The van der Waals surface area contributed by atoms with Gasteiger partial charge in [-0.3, -0.25) is 9.69 Å². The Hall–Kier alpha value is -1.30. The van der Waals surface area contributed by atoms with Crippen molar-refractivity contribution in [1.82, 2.24) is 14.7 Å². The minimum absolute atomic E-state index is 0.00369. The number of nitrogens with zero attached hydrogens (tertiary/aromatic N) is 3. The van der Waals surface area contributed by atoms with Crippen LogP contribution in [0.4, 0.5) is 4.79 Å². The summed E-state index contributed by atoms with van der Waals surface area (Å²) in [6, 6.07) is 1.07. The Morgan fingerprint density at radius 1 is 1.24 bits per heavy atom. The van der Waals surface area contributed by atoms with Crippen LogP contribution < -0.4 is 0 Å². The predicted octanol–water partition coefficient (Wildman–Crippen LogP) is 1.46. The van der Waals surface area contributed by atoms with Crippen molar-refractivity contribution in [2.24, 2.45) is 0 Å². The number of likely N-dealkylation sites (tertiary alicyclic amines) is 1. The summed E-state index contributed by atoms with van der Waals surface area (Å²) in [6.45, 7) is 5.71. The molecule has 0 aromatic rings. The highest BCUT2D eigenvalue weighted by Gasteiger charge is 2.37. The summed E-state index contributed by atoms with van der Waals surface area (Å²) in [5.41, 5.74) is 0. The number of carbonyl (C=O) groups is 2. The maximum absolute atomic E-state index is 12.7. The van der Waals surface area contributed by atoms with Crippen LogP contribution in [0.1, 0.15) is 39.5 Å². The molecular formula is C15H27N3O3. The summed E-state index contributed by atoms with van der Waals surface area (Å²) in [6.07, 6.45) is 3.41. The quantitative estimate of drug-likeness (QED) is 0.853. The van der Waals surface area contributed by atoms with Gasteiger partial charge in [-0.25, -0.2) is 4.79 Å². The number of amides is 2. The molecule has 0 aliphatic carbocycles. The molecule has 0 saturated carbocycles. The van der Waals surface area contributed by atoms with Crippen LogP contribution in [0.3, 0.4) is 0 Å². The van der Waals surface area contributed by atoms with Gasteiger partial charge in [0.05, 0.1) is 6.42 Å². The molecule has 120 valence electrons. The molecule has 2 rings (SSSR count). The van der Waals surface area contributed by atoms with Crippen molar-refractivity contribution in [3.8, 4) is 0 Å². The van der Waals surface area contributed by atoms with E-state index < -0.39 is 5.97 Å². The molecule has 2 aliphatic heterocycles. The van der Waals surface area contributed by atoms with Crippen LogP contribution in [-0.2, 0) is 4.79 Å². The SMILES string of the molecule is CC(C)N(CCC(=O)O)C(=O)N1CCC2CCC(C1)N2C. The Bertz CT molecular complexity index is 400. The van der Waals surface area contributed by atoms with Gasteiger partial charge in [-0.1, -0.05) is 0 Å². The number of fused-ring (bicyclic) bond motifs is 2. The van der Waals surface area contributed by atoms with Gasteiger partial charge in [0.15, 0.2) is 0 Å². The minimum Gasteiger partial charge on any atom is -0.481 e. The van der Waals surface area contributed by atoms with E-state index in [9.17, 15) is 9.59 Å². The first-order valence-corrected chi connectivity index (χ1v) is 7.89. The first-order valence-electron chi connectivity index (χ1n) is 7.89. The van der Waals surface area contributed by atoms with Gasteiger partial charge in [0, 0.05) is 37.8 Å². The molecule has 21 heavy (non-hydrogen) atoms. The molecule has 0 spiro atoms. The van der Waals surface area contributed by atoms with E-state index in [2.05, 4.69) is 11.9 Å². The fraction of sp³-hybridized carbons (Fsp3) is 0.867. The number of urea groups is 1. The standard InChI is InChI=1S/C15H27N3O3/c1-11(2)18(9-7-14(19)20)15(21)17-8-6-12-4-5-13(10-17)16(12)3/h11-13H,4-10H2,1-3H3,(H,19,20). The lowest BCUT2D eigenvalue weighted by Crippen LogP contribution is -2.49. The van der Waals surface area contributed by atoms with Gasteiger partial charge in [-0.05, 0) is 40.2 Å². The molecule has 2 aliphatic rings. The second-order valence-corrected chi connectivity index (χ2v) is 6.50. The van der Waals surface area contributed by atoms with Crippen molar-refractivity contribution in [1.29, 1.82) is 0 Å². The van der Waals surface area contributed by atoms with E-state index in [1.807, 2.05) is 18.7 Å². The molecule has 2 heterocycles. The second kappa shape index (κ2) is 6.64. The molecule has 0 radical (unpaired) electrons. The second-order valence-electron chi connectivity index (χ2n) is 6.50. The van der Waals surface area contributed by atoms with Crippen LogP contribution in [0.2, 0.25) is 0 Å². The predicted molar refractivity (Wildman–Crippen MR) is 80.3 cm³/mol. The fourth-order valence-electron chi connectivity index (χ4n) is 3.45. The average Bonchev–Trinajstić information content (AvgIpc) is 2.62. The molecule has 2 amide bonds. The molecule has 2 fully saturated rings. The van der Waals surface area contributed by atoms with Crippen molar-refractivity contribution < 1.29 is 14.7 Å². The number of likely N-dealkylation sites (N-methyl/N-ethyl adjacent to an activating group) is 1. The van der Waals surface area contributed by atoms with Crippen LogP contribution in [0.25, 0.3) is 0 Å². The Morgan fingerprint density at radius 3 is 2.52 bits per heavy atom. The zero-order valence-corrected chi connectivity index (χ0v) is 13.3. The summed E-state index contributed by atoms with van der Waals surface area (Å²) in [4.78, 5) is 29.5. The highest BCUT2D eigenvalue weighted by Crippen LogP contribution is 2.29. The number of carboxylic acid groups (broad SMARTS) is 1. The smallest absolute Gasteiger partial charge is 0.320 e. The normalized spacial score (nSPS) is 26.0. The highest BCUT2D eigenvalue weighted by molar-refractivity contribution is 5.76. The van der Waals surface area contributed by atoms with Crippen molar-refractivity contribution >= 4 is 12.0 Å².